The number of hydrogen-bond acceptors (Lipinski definition) is 4. The fourth-order valence-electron chi connectivity index (χ4n) is 3.73. The molecule has 1 aromatic heterocycles. The Morgan fingerprint density at radius 3 is 2.67 bits per heavy atom. The van der Waals surface area contributed by atoms with Crippen molar-refractivity contribution in [3.63, 3.8) is 0 Å². The Morgan fingerprint density at radius 2 is 1.90 bits per heavy atom. The summed E-state index contributed by atoms with van der Waals surface area (Å²) in [4.78, 5) is 18.7. The number of carbonyl (C=O) groups is 1. The van der Waals surface area contributed by atoms with Crippen molar-refractivity contribution < 1.29 is 18.0 Å². The lowest BCUT2D eigenvalue weighted by molar-refractivity contribution is -0.121. The molecular weight excluding hydrogens is 388 g/mol. The van der Waals surface area contributed by atoms with E-state index in [1.807, 2.05) is 18.2 Å². The van der Waals surface area contributed by atoms with Crippen LogP contribution in [0.2, 0.25) is 0 Å². The second-order valence-corrected chi connectivity index (χ2v) is 7.49. The number of carbonyl (C=O) groups excluding carboxylic acids is 1. The molecule has 7 heteroatoms. The van der Waals surface area contributed by atoms with Gasteiger partial charge in [0, 0.05) is 38.5 Å². The SMILES string of the molecule is O=C(CCc1ncc(-c2c(F)cccc2F)o1)NC1CCN(Cc2ccccc2)C1. The van der Waals surface area contributed by atoms with Crippen molar-refractivity contribution >= 4 is 5.91 Å². The Bertz CT molecular complexity index is 986. The topological polar surface area (TPSA) is 58.4 Å². The lowest BCUT2D eigenvalue weighted by Gasteiger charge is -2.16. The summed E-state index contributed by atoms with van der Waals surface area (Å²) in [6.45, 7) is 2.63. The van der Waals surface area contributed by atoms with Gasteiger partial charge in [-0.25, -0.2) is 13.8 Å². The van der Waals surface area contributed by atoms with Crippen molar-refractivity contribution in [1.82, 2.24) is 15.2 Å². The molecule has 0 saturated carbocycles. The summed E-state index contributed by atoms with van der Waals surface area (Å²) in [6.07, 6.45) is 2.67. The molecule has 0 bridgehead atoms. The molecule has 2 heterocycles. The lowest BCUT2D eigenvalue weighted by Crippen LogP contribution is -2.37. The monoisotopic (exact) mass is 411 g/mol. The molecule has 4 rings (SSSR count). The summed E-state index contributed by atoms with van der Waals surface area (Å²) in [5.41, 5.74) is 1.01. The first-order valence-corrected chi connectivity index (χ1v) is 10.0. The van der Waals surface area contributed by atoms with Gasteiger partial charge in [-0.1, -0.05) is 36.4 Å². The Morgan fingerprint density at radius 1 is 1.13 bits per heavy atom. The molecule has 3 aromatic rings. The summed E-state index contributed by atoms with van der Waals surface area (Å²) in [6, 6.07) is 14.0. The van der Waals surface area contributed by atoms with Gasteiger partial charge in [0.05, 0.1) is 11.8 Å². The highest BCUT2D eigenvalue weighted by molar-refractivity contribution is 5.76. The van der Waals surface area contributed by atoms with E-state index in [1.54, 1.807) is 0 Å². The molecule has 5 nitrogen and oxygen atoms in total. The highest BCUT2D eigenvalue weighted by Crippen LogP contribution is 2.26. The van der Waals surface area contributed by atoms with Crippen LogP contribution >= 0.6 is 0 Å². The van der Waals surface area contributed by atoms with Gasteiger partial charge >= 0.3 is 0 Å². The Hall–Kier alpha value is -3.06. The molecule has 1 aliphatic heterocycles. The van der Waals surface area contributed by atoms with Crippen molar-refractivity contribution in [3.05, 3.63) is 77.8 Å². The van der Waals surface area contributed by atoms with Crippen LogP contribution in [0.1, 0.15) is 24.3 Å². The van der Waals surface area contributed by atoms with E-state index < -0.39 is 11.6 Å². The number of amides is 1. The smallest absolute Gasteiger partial charge is 0.220 e. The van der Waals surface area contributed by atoms with E-state index >= 15 is 0 Å². The van der Waals surface area contributed by atoms with Crippen LogP contribution in [0.15, 0.2) is 59.1 Å². The first kappa shape index (κ1) is 20.2. The lowest BCUT2D eigenvalue weighted by atomic mass is 10.1. The molecule has 0 spiro atoms. The van der Waals surface area contributed by atoms with Crippen LogP contribution in [0.3, 0.4) is 0 Å². The highest BCUT2D eigenvalue weighted by atomic mass is 19.1. The molecule has 0 aliphatic carbocycles. The van der Waals surface area contributed by atoms with E-state index in [-0.39, 0.29) is 42.0 Å². The van der Waals surface area contributed by atoms with Crippen molar-refractivity contribution in [2.24, 2.45) is 0 Å². The zero-order chi connectivity index (χ0) is 20.9. The van der Waals surface area contributed by atoms with Crippen molar-refractivity contribution in [2.45, 2.75) is 31.8 Å². The van der Waals surface area contributed by atoms with Crippen LogP contribution in [-0.2, 0) is 17.8 Å². The molecule has 1 amide bonds. The third kappa shape index (κ3) is 4.91. The minimum absolute atomic E-state index is 0.0216. The van der Waals surface area contributed by atoms with Crippen molar-refractivity contribution in [2.75, 3.05) is 13.1 Å². The van der Waals surface area contributed by atoms with E-state index in [9.17, 15) is 13.6 Å². The highest BCUT2D eigenvalue weighted by Gasteiger charge is 2.24. The van der Waals surface area contributed by atoms with Gasteiger partial charge < -0.3 is 9.73 Å². The van der Waals surface area contributed by atoms with Gasteiger partial charge in [-0.3, -0.25) is 9.69 Å². The molecule has 156 valence electrons. The average Bonchev–Trinajstić information content (AvgIpc) is 3.37. The molecule has 1 aliphatic rings. The number of benzene rings is 2. The number of nitrogens with zero attached hydrogens (tertiary/aromatic N) is 2. The number of likely N-dealkylation sites (tertiary alicyclic amines) is 1. The molecule has 1 saturated heterocycles. The summed E-state index contributed by atoms with van der Waals surface area (Å²) in [5.74, 6) is -1.21. The third-order valence-electron chi connectivity index (χ3n) is 5.22. The molecular formula is C23H23F2N3O2. The summed E-state index contributed by atoms with van der Waals surface area (Å²) >= 11 is 0. The quantitative estimate of drug-likeness (QED) is 0.640. The number of aryl methyl sites for hydroxylation is 1. The van der Waals surface area contributed by atoms with E-state index in [0.717, 1.165) is 38.2 Å². The second kappa shape index (κ2) is 9.17. The van der Waals surface area contributed by atoms with Crippen molar-refractivity contribution in [3.8, 4) is 11.3 Å². The van der Waals surface area contributed by atoms with Crippen LogP contribution in [0.4, 0.5) is 8.78 Å². The predicted octanol–water partition coefficient (Wildman–Crippen LogP) is 3.94. The first-order chi connectivity index (χ1) is 14.6. The van der Waals surface area contributed by atoms with Crippen LogP contribution in [0.5, 0.6) is 0 Å². The Balaban J connectivity index is 1.25. The number of halogens is 2. The molecule has 0 radical (unpaired) electrons. The van der Waals surface area contributed by atoms with Crippen LogP contribution < -0.4 is 5.32 Å². The normalized spacial score (nSPS) is 16.7. The molecule has 30 heavy (non-hydrogen) atoms. The standard InChI is InChI=1S/C23H23F2N3O2/c24-18-7-4-8-19(25)23(18)20-13-26-22(30-20)10-9-21(29)27-17-11-12-28(15-17)14-16-5-2-1-3-6-16/h1-8,13,17H,9-12,14-15H2,(H,27,29). The van der Waals surface area contributed by atoms with Gasteiger partial charge in [0.25, 0.3) is 0 Å². The predicted molar refractivity (Wildman–Crippen MR) is 108 cm³/mol. The molecule has 1 fully saturated rings. The fraction of sp³-hybridized carbons (Fsp3) is 0.304. The fourth-order valence-corrected chi connectivity index (χ4v) is 3.73. The first-order valence-electron chi connectivity index (χ1n) is 10.0. The van der Waals surface area contributed by atoms with Crippen LogP contribution in [0, 0.1) is 11.6 Å². The number of oxazole rings is 1. The molecule has 1 N–H and O–H groups in total. The van der Waals surface area contributed by atoms with Crippen LogP contribution in [-0.4, -0.2) is 34.9 Å². The minimum atomic E-state index is -0.711. The van der Waals surface area contributed by atoms with Gasteiger partial charge in [-0.05, 0) is 24.1 Å². The van der Waals surface area contributed by atoms with E-state index in [1.165, 1.54) is 17.8 Å². The summed E-state index contributed by atoms with van der Waals surface area (Å²) < 4.78 is 33.2. The maximum Gasteiger partial charge on any atom is 0.220 e. The van der Waals surface area contributed by atoms with Crippen LogP contribution in [0.25, 0.3) is 11.3 Å². The summed E-state index contributed by atoms with van der Waals surface area (Å²) in [7, 11) is 0. The largest absolute Gasteiger partial charge is 0.441 e. The molecule has 1 unspecified atom stereocenters. The van der Waals surface area contributed by atoms with E-state index in [4.69, 9.17) is 4.42 Å². The van der Waals surface area contributed by atoms with Gasteiger partial charge in [-0.15, -0.1) is 0 Å². The second-order valence-electron chi connectivity index (χ2n) is 7.49. The molecule has 1 atom stereocenters. The van der Waals surface area contributed by atoms with Gasteiger partial charge in [0.1, 0.15) is 11.6 Å². The maximum absolute atomic E-state index is 13.9. The third-order valence-corrected chi connectivity index (χ3v) is 5.22. The summed E-state index contributed by atoms with van der Waals surface area (Å²) in [5, 5.41) is 3.05. The zero-order valence-corrected chi connectivity index (χ0v) is 16.5. The molecule has 2 aromatic carbocycles. The number of rotatable bonds is 7. The van der Waals surface area contributed by atoms with Crippen molar-refractivity contribution in [1.29, 1.82) is 0 Å². The Kier molecular flexibility index (Phi) is 6.18. The van der Waals surface area contributed by atoms with Gasteiger partial charge in [-0.2, -0.15) is 0 Å². The number of nitrogens with one attached hydrogen (secondary N) is 1. The van der Waals surface area contributed by atoms with E-state index in [0.29, 0.717) is 0 Å². The number of aromatic nitrogens is 1. The minimum Gasteiger partial charge on any atom is -0.441 e. The number of hydrogen-bond donors (Lipinski definition) is 1. The zero-order valence-electron chi connectivity index (χ0n) is 16.5. The average molecular weight is 411 g/mol. The van der Waals surface area contributed by atoms with Gasteiger partial charge in [0.2, 0.25) is 5.91 Å². The van der Waals surface area contributed by atoms with E-state index in [2.05, 4.69) is 27.3 Å². The Labute approximate surface area is 173 Å². The maximum atomic E-state index is 13.9. The van der Waals surface area contributed by atoms with Gasteiger partial charge in [0.15, 0.2) is 11.7 Å².